The number of nitrogens with zero attached hydrogens (tertiary/aromatic N) is 1. The third kappa shape index (κ3) is 9.65. The van der Waals surface area contributed by atoms with E-state index in [-0.39, 0.29) is 17.3 Å². The molecule has 1 amide bonds. The first-order valence-corrected chi connectivity index (χ1v) is 14.2. The zero-order chi connectivity index (χ0) is 30.9. The molecule has 0 radical (unpaired) electrons. The zero-order valence-electron chi connectivity index (χ0n) is 24.1. The lowest BCUT2D eigenvalue weighted by Gasteiger charge is -2.22. The lowest BCUT2D eigenvalue weighted by Crippen LogP contribution is -2.38. The van der Waals surface area contributed by atoms with Crippen LogP contribution in [0.25, 0.3) is 12.8 Å². The molecule has 42 heavy (non-hydrogen) atoms. The van der Waals surface area contributed by atoms with E-state index in [9.17, 15) is 22.8 Å². The molecule has 0 spiro atoms. The highest BCUT2D eigenvalue weighted by Gasteiger charge is 2.28. The molecule has 0 saturated carbocycles. The Balaban J connectivity index is 1.63. The summed E-state index contributed by atoms with van der Waals surface area (Å²) in [6, 6.07) is 17.2. The number of carbonyl (C=O) groups is 2. The number of alkyl halides is 3. The van der Waals surface area contributed by atoms with Crippen molar-refractivity contribution in [2.75, 3.05) is 20.1 Å². The topological polar surface area (TPSA) is 58.6 Å². The van der Waals surface area contributed by atoms with Gasteiger partial charge in [-0.2, -0.15) is 13.2 Å². The van der Waals surface area contributed by atoms with Crippen LogP contribution in [0.5, 0.6) is 11.5 Å². The summed E-state index contributed by atoms with van der Waals surface area (Å²) in [5.41, 5.74) is 1.46. The van der Waals surface area contributed by atoms with Crippen molar-refractivity contribution in [2.45, 2.75) is 45.7 Å². The van der Waals surface area contributed by atoms with Crippen molar-refractivity contribution in [3.63, 3.8) is 0 Å². The van der Waals surface area contributed by atoms with E-state index in [1.54, 1.807) is 54.6 Å². The summed E-state index contributed by atoms with van der Waals surface area (Å²) in [4.78, 5) is 27.4. The Morgan fingerprint density at radius 3 is 2.21 bits per heavy atom. The summed E-state index contributed by atoms with van der Waals surface area (Å²) in [6.07, 6.45) is -0.223. The predicted octanol–water partition coefficient (Wildman–Crippen LogP) is 6.76. The van der Waals surface area contributed by atoms with E-state index in [4.69, 9.17) is 16.3 Å². The van der Waals surface area contributed by atoms with Crippen LogP contribution >= 0.6 is 11.6 Å². The Morgan fingerprint density at radius 1 is 1.02 bits per heavy atom. The third-order valence-corrected chi connectivity index (χ3v) is 7.23. The van der Waals surface area contributed by atoms with E-state index in [1.807, 2.05) is 30.4 Å². The second kappa shape index (κ2) is 14.9. The van der Waals surface area contributed by atoms with Crippen molar-refractivity contribution >= 4 is 36.1 Å². The number of Topliss-reactive ketones (excluding diaryl/α,β-unsaturated/α-hetero) is 1. The van der Waals surface area contributed by atoms with Gasteiger partial charge in [0, 0.05) is 47.6 Å². The summed E-state index contributed by atoms with van der Waals surface area (Å²) in [7, 11) is 1.90. The maximum atomic E-state index is 12.9. The van der Waals surface area contributed by atoms with E-state index in [0.29, 0.717) is 63.9 Å². The fourth-order valence-electron chi connectivity index (χ4n) is 4.68. The Morgan fingerprint density at radius 2 is 1.64 bits per heavy atom. The Hall–Kier alpha value is -3.78. The van der Waals surface area contributed by atoms with Crippen LogP contribution in [0.3, 0.4) is 0 Å². The number of carbonyl (C=O) groups excluding carboxylic acids is 2. The number of ether oxygens (including phenoxy) is 1. The van der Waals surface area contributed by atoms with E-state index in [2.05, 4.69) is 13.5 Å². The molecule has 3 aromatic carbocycles. The van der Waals surface area contributed by atoms with Gasteiger partial charge in [-0.15, -0.1) is 0 Å². The molecular weight excluding hydrogens is 565 g/mol. The van der Waals surface area contributed by atoms with Gasteiger partial charge in [0.25, 0.3) is 5.91 Å². The number of ketones is 1. The summed E-state index contributed by atoms with van der Waals surface area (Å²) in [5, 5.41) is 3.97. The molecule has 0 heterocycles. The van der Waals surface area contributed by atoms with Crippen LogP contribution in [0, 0.1) is 5.92 Å². The van der Waals surface area contributed by atoms with Gasteiger partial charge in [-0.05, 0) is 84.1 Å². The van der Waals surface area contributed by atoms with E-state index in [0.717, 1.165) is 6.42 Å². The predicted molar refractivity (Wildman–Crippen MR) is 161 cm³/mol. The average Bonchev–Trinajstić information content (AvgIpc) is 2.96. The summed E-state index contributed by atoms with van der Waals surface area (Å²) in [6.45, 7) is 7.25. The average molecular weight is 601 g/mol. The molecule has 3 rings (SSSR count). The molecule has 0 saturated heterocycles. The fraction of sp³-hybridized carbons (Fsp3) is 0.333. The molecule has 0 aliphatic heterocycles. The number of benzene rings is 3. The minimum absolute atomic E-state index is 0.0454. The Labute approximate surface area is 249 Å². The highest BCUT2D eigenvalue weighted by atomic mass is 35.5. The van der Waals surface area contributed by atoms with E-state index < -0.39 is 18.6 Å². The molecule has 3 aromatic rings. The van der Waals surface area contributed by atoms with Gasteiger partial charge >= 0.3 is 6.18 Å². The maximum Gasteiger partial charge on any atom is 0.405 e. The highest BCUT2D eigenvalue weighted by Crippen LogP contribution is 2.24. The van der Waals surface area contributed by atoms with Crippen LogP contribution in [0.1, 0.15) is 59.4 Å². The van der Waals surface area contributed by atoms with Gasteiger partial charge in [-0.25, -0.2) is 0 Å². The van der Waals surface area contributed by atoms with Gasteiger partial charge in [0.2, 0.25) is 0 Å². The second-order valence-electron chi connectivity index (χ2n) is 10.2. The molecular formula is C33H36ClF3N2O3. The van der Waals surface area contributed by atoms with Crippen molar-refractivity contribution < 1.29 is 27.5 Å². The van der Waals surface area contributed by atoms with Crippen LogP contribution in [-0.4, -0.2) is 42.9 Å². The Kier molecular flexibility index (Phi) is 11.6. The lowest BCUT2D eigenvalue weighted by atomic mass is 9.96. The van der Waals surface area contributed by atoms with Crippen molar-refractivity contribution in [1.29, 1.82) is 0 Å². The molecule has 1 atom stereocenters. The van der Waals surface area contributed by atoms with Crippen molar-refractivity contribution in [3.05, 3.63) is 92.8 Å². The number of halogens is 4. The molecule has 1 unspecified atom stereocenters. The number of hydrogen-bond acceptors (Lipinski definition) is 4. The summed E-state index contributed by atoms with van der Waals surface area (Å²) < 4.78 is 43.7. The molecule has 5 nitrogen and oxygen atoms in total. The van der Waals surface area contributed by atoms with Gasteiger partial charge in [0.15, 0.2) is 5.78 Å². The van der Waals surface area contributed by atoms with Crippen molar-refractivity contribution in [3.8, 4) is 11.5 Å². The highest BCUT2D eigenvalue weighted by molar-refractivity contribution is 6.30. The van der Waals surface area contributed by atoms with Crippen LogP contribution in [-0.2, 0) is 6.42 Å². The summed E-state index contributed by atoms with van der Waals surface area (Å²) in [5.74, 6) is 0.772. The molecule has 0 fully saturated rings. The first-order chi connectivity index (χ1) is 19.9. The third-order valence-electron chi connectivity index (χ3n) is 6.97. The van der Waals surface area contributed by atoms with Crippen molar-refractivity contribution in [1.82, 2.24) is 10.2 Å². The monoisotopic (exact) mass is 600 g/mol. The zero-order valence-corrected chi connectivity index (χ0v) is 24.8. The SMILES string of the molecule is C=c1ccc(C(=O)NCC(F)(F)F)c(CC)/c1=C/N(C)CC(CC)CCC(=O)c1ccc(Oc2ccc(Cl)cc2)cc1. The fourth-order valence-corrected chi connectivity index (χ4v) is 4.80. The minimum atomic E-state index is -4.49. The normalized spacial score (nSPS) is 12.6. The van der Waals surface area contributed by atoms with Gasteiger partial charge < -0.3 is 15.0 Å². The van der Waals surface area contributed by atoms with E-state index in [1.165, 1.54) is 6.07 Å². The van der Waals surface area contributed by atoms with Gasteiger partial charge in [-0.1, -0.05) is 44.5 Å². The molecule has 0 aliphatic rings. The van der Waals surface area contributed by atoms with E-state index >= 15 is 0 Å². The standard InChI is InChI=1S/C33H36ClF3N2O3/c1-5-23(8-18-31(40)24-9-13-26(14-10-24)42-27-15-11-25(34)12-16-27)19-39(4)20-30-22(3)7-17-29(28(30)6-2)32(41)38-21-33(35,36)37/h7,9-17,20,23H,3,5-6,8,18-19,21H2,1-2,4H3,(H,38,41)/b30-20+. The number of nitrogens with one attached hydrogen (secondary N) is 1. The number of amides is 1. The van der Waals surface area contributed by atoms with Gasteiger partial charge in [0.1, 0.15) is 18.0 Å². The van der Waals surface area contributed by atoms with Crippen LogP contribution in [0.2, 0.25) is 5.02 Å². The molecule has 1 N–H and O–H groups in total. The van der Waals surface area contributed by atoms with Crippen molar-refractivity contribution in [2.24, 2.45) is 5.92 Å². The molecule has 0 aliphatic carbocycles. The van der Waals surface area contributed by atoms with Gasteiger partial charge in [0.05, 0.1) is 0 Å². The van der Waals surface area contributed by atoms with Gasteiger partial charge in [-0.3, -0.25) is 9.59 Å². The molecule has 224 valence electrons. The van der Waals surface area contributed by atoms with Crippen LogP contribution in [0.15, 0.2) is 60.7 Å². The molecule has 0 bridgehead atoms. The minimum Gasteiger partial charge on any atom is -0.457 e. The molecule has 0 aromatic heterocycles. The first kappa shape index (κ1) is 32.7. The Bertz CT molecular complexity index is 1470. The summed E-state index contributed by atoms with van der Waals surface area (Å²) >= 11 is 5.91. The van der Waals surface area contributed by atoms with Crippen LogP contribution < -0.4 is 20.5 Å². The number of rotatable bonds is 13. The molecule has 9 heteroatoms. The quantitative estimate of drug-likeness (QED) is 0.220. The first-order valence-electron chi connectivity index (χ1n) is 13.8. The largest absolute Gasteiger partial charge is 0.457 e. The second-order valence-corrected chi connectivity index (χ2v) is 10.6. The smallest absolute Gasteiger partial charge is 0.405 e. The maximum absolute atomic E-state index is 12.9. The lowest BCUT2D eigenvalue weighted by molar-refractivity contribution is -0.123. The number of hydrogen-bond donors (Lipinski definition) is 1. The van der Waals surface area contributed by atoms with Crippen LogP contribution in [0.4, 0.5) is 13.2 Å².